The first kappa shape index (κ1) is 18.9. The molecule has 0 saturated carbocycles. The molecule has 0 radical (unpaired) electrons. The van der Waals surface area contributed by atoms with E-state index in [-0.39, 0.29) is 17.4 Å². The zero-order chi connectivity index (χ0) is 19.7. The maximum Gasteiger partial charge on any atom is 0.282 e. The van der Waals surface area contributed by atoms with Crippen LogP contribution in [0.2, 0.25) is 0 Å². The van der Waals surface area contributed by atoms with Gasteiger partial charge in [0.2, 0.25) is 0 Å². The fraction of sp³-hybridized carbons (Fsp3) is 0.238. The van der Waals surface area contributed by atoms with Gasteiger partial charge in [0, 0.05) is 35.4 Å². The molecule has 0 atom stereocenters. The number of hydrogen-bond acceptors (Lipinski definition) is 4. The highest BCUT2D eigenvalue weighted by Gasteiger charge is 2.34. The minimum absolute atomic E-state index is 0.144. The molecule has 2 fully saturated rings. The largest absolute Gasteiger partial charge is 0.369 e. The Morgan fingerprint density at radius 2 is 1.50 bits per heavy atom. The molecule has 0 aromatic heterocycles. The van der Waals surface area contributed by atoms with E-state index < -0.39 is 0 Å². The van der Waals surface area contributed by atoms with Crippen LogP contribution in [-0.4, -0.2) is 49.9 Å². The van der Waals surface area contributed by atoms with Crippen molar-refractivity contribution in [2.45, 2.75) is 0 Å². The average molecular weight is 488 g/mol. The van der Waals surface area contributed by atoms with Crippen LogP contribution in [0.5, 0.6) is 0 Å². The summed E-state index contributed by atoms with van der Waals surface area (Å²) in [6.45, 7) is 4.11. The van der Waals surface area contributed by atoms with Crippen LogP contribution in [0.4, 0.5) is 11.4 Å². The lowest BCUT2D eigenvalue weighted by Crippen LogP contribution is -2.44. The summed E-state index contributed by atoms with van der Waals surface area (Å²) in [7, 11) is 2.13. The van der Waals surface area contributed by atoms with Gasteiger partial charge < -0.3 is 9.80 Å². The highest BCUT2D eigenvalue weighted by Crippen LogP contribution is 2.23. The van der Waals surface area contributed by atoms with Gasteiger partial charge in [-0.15, -0.1) is 0 Å². The second-order valence-electron chi connectivity index (χ2n) is 7.00. The minimum Gasteiger partial charge on any atom is -0.369 e. The summed E-state index contributed by atoms with van der Waals surface area (Å²) >= 11 is 2.20. The van der Waals surface area contributed by atoms with Gasteiger partial charge in [-0.3, -0.25) is 15.0 Å². The Morgan fingerprint density at radius 3 is 2.14 bits per heavy atom. The molecule has 2 aliphatic rings. The van der Waals surface area contributed by atoms with Crippen molar-refractivity contribution in [3.05, 3.63) is 63.2 Å². The van der Waals surface area contributed by atoms with Crippen LogP contribution < -0.4 is 15.3 Å². The van der Waals surface area contributed by atoms with Gasteiger partial charge in [0.15, 0.2) is 0 Å². The number of anilines is 2. The standard InChI is InChI=1S/C21H21IN4O2/c1-24-10-12-25(13-11-24)17-6-2-15(3-7-17)14-19-20(27)23-26(21(19)28)18-8-4-16(22)5-9-18/h2-9,14H,10-13H2,1H3,(H,23,27)/b19-14-. The SMILES string of the molecule is CN1CCN(c2ccc(/C=C3/C(=O)NN(c4ccc(I)cc4)C3=O)cc2)CC1. The lowest BCUT2D eigenvalue weighted by atomic mass is 10.1. The quantitative estimate of drug-likeness (QED) is 0.410. The molecule has 7 heteroatoms. The van der Waals surface area contributed by atoms with Crippen molar-refractivity contribution in [3.8, 4) is 0 Å². The van der Waals surface area contributed by atoms with Gasteiger partial charge >= 0.3 is 0 Å². The third-order valence-electron chi connectivity index (χ3n) is 5.05. The Labute approximate surface area is 177 Å². The number of benzene rings is 2. The first-order valence-electron chi connectivity index (χ1n) is 9.17. The van der Waals surface area contributed by atoms with Crippen LogP contribution in [0.25, 0.3) is 6.08 Å². The number of carbonyl (C=O) groups is 2. The number of rotatable bonds is 3. The molecule has 2 heterocycles. The number of hydrazine groups is 1. The van der Waals surface area contributed by atoms with Gasteiger partial charge in [-0.1, -0.05) is 12.1 Å². The van der Waals surface area contributed by atoms with Crippen LogP contribution in [0.15, 0.2) is 54.1 Å². The van der Waals surface area contributed by atoms with Crippen molar-refractivity contribution in [2.75, 3.05) is 43.1 Å². The van der Waals surface area contributed by atoms with E-state index in [1.165, 1.54) is 5.01 Å². The number of hydrogen-bond donors (Lipinski definition) is 1. The summed E-state index contributed by atoms with van der Waals surface area (Å²) in [6, 6.07) is 15.4. The molecular formula is C21H21IN4O2. The molecule has 144 valence electrons. The van der Waals surface area contributed by atoms with E-state index in [1.807, 2.05) is 48.5 Å². The van der Waals surface area contributed by atoms with Crippen molar-refractivity contribution >= 4 is 51.9 Å². The average Bonchev–Trinajstić information content (AvgIpc) is 2.98. The first-order valence-corrected chi connectivity index (χ1v) is 10.3. The van der Waals surface area contributed by atoms with Gasteiger partial charge in [0.25, 0.3) is 11.8 Å². The molecule has 2 saturated heterocycles. The van der Waals surface area contributed by atoms with E-state index in [1.54, 1.807) is 6.08 Å². The molecule has 0 bridgehead atoms. The maximum atomic E-state index is 12.7. The molecular weight excluding hydrogens is 467 g/mol. The third-order valence-corrected chi connectivity index (χ3v) is 5.77. The fourth-order valence-electron chi connectivity index (χ4n) is 3.34. The highest BCUT2D eigenvalue weighted by atomic mass is 127. The molecule has 0 unspecified atom stereocenters. The second kappa shape index (κ2) is 7.92. The van der Waals surface area contributed by atoms with Crippen LogP contribution in [0, 0.1) is 3.57 Å². The van der Waals surface area contributed by atoms with E-state index in [9.17, 15) is 9.59 Å². The number of likely N-dealkylation sites (N-methyl/N-ethyl adjacent to an activating group) is 1. The number of carbonyl (C=O) groups excluding carboxylic acids is 2. The highest BCUT2D eigenvalue weighted by molar-refractivity contribution is 14.1. The molecule has 2 aliphatic heterocycles. The van der Waals surface area contributed by atoms with Crippen molar-refractivity contribution < 1.29 is 9.59 Å². The Morgan fingerprint density at radius 1 is 0.893 bits per heavy atom. The van der Waals surface area contributed by atoms with Crippen molar-refractivity contribution in [2.24, 2.45) is 0 Å². The molecule has 1 N–H and O–H groups in total. The number of halogens is 1. The molecule has 2 aromatic rings. The van der Waals surface area contributed by atoms with E-state index in [4.69, 9.17) is 0 Å². The molecule has 6 nitrogen and oxygen atoms in total. The molecule has 0 spiro atoms. The molecule has 4 rings (SSSR count). The Balaban J connectivity index is 1.51. The van der Waals surface area contributed by atoms with Gasteiger partial charge in [-0.25, -0.2) is 5.01 Å². The monoisotopic (exact) mass is 488 g/mol. The summed E-state index contributed by atoms with van der Waals surface area (Å²) in [6.07, 6.45) is 1.65. The van der Waals surface area contributed by atoms with Crippen molar-refractivity contribution in [3.63, 3.8) is 0 Å². The van der Waals surface area contributed by atoms with E-state index >= 15 is 0 Å². The Kier molecular flexibility index (Phi) is 5.36. The van der Waals surface area contributed by atoms with Crippen LogP contribution >= 0.6 is 22.6 Å². The van der Waals surface area contributed by atoms with Crippen LogP contribution in [-0.2, 0) is 9.59 Å². The Hall–Kier alpha value is -2.39. The van der Waals surface area contributed by atoms with Gasteiger partial charge in [0.05, 0.1) is 5.69 Å². The van der Waals surface area contributed by atoms with Gasteiger partial charge in [-0.05, 0) is 77.7 Å². The zero-order valence-corrected chi connectivity index (χ0v) is 17.7. The van der Waals surface area contributed by atoms with Gasteiger partial charge in [0.1, 0.15) is 5.57 Å². The molecule has 2 amide bonds. The lowest BCUT2D eigenvalue weighted by Gasteiger charge is -2.34. The smallest absolute Gasteiger partial charge is 0.282 e. The number of piperazine rings is 1. The van der Waals surface area contributed by atoms with E-state index in [2.05, 4.69) is 44.9 Å². The summed E-state index contributed by atoms with van der Waals surface area (Å²) in [4.78, 5) is 29.7. The topological polar surface area (TPSA) is 55.9 Å². The summed E-state index contributed by atoms with van der Waals surface area (Å²) in [5.41, 5.74) is 5.43. The second-order valence-corrected chi connectivity index (χ2v) is 8.24. The Bertz CT molecular complexity index is 916. The summed E-state index contributed by atoms with van der Waals surface area (Å²) < 4.78 is 1.07. The normalized spacial score (nSPS) is 19.4. The predicted molar refractivity (Wildman–Crippen MR) is 119 cm³/mol. The molecule has 2 aromatic carbocycles. The third kappa shape index (κ3) is 3.90. The van der Waals surface area contributed by atoms with E-state index in [0.717, 1.165) is 41.0 Å². The number of nitrogens with one attached hydrogen (secondary N) is 1. The van der Waals surface area contributed by atoms with Crippen LogP contribution in [0.1, 0.15) is 5.56 Å². The van der Waals surface area contributed by atoms with Crippen molar-refractivity contribution in [1.29, 1.82) is 0 Å². The predicted octanol–water partition coefficient (Wildman–Crippen LogP) is 2.50. The lowest BCUT2D eigenvalue weighted by molar-refractivity contribution is -0.117. The molecule has 28 heavy (non-hydrogen) atoms. The van der Waals surface area contributed by atoms with Gasteiger partial charge in [-0.2, -0.15) is 0 Å². The zero-order valence-electron chi connectivity index (χ0n) is 15.6. The van der Waals surface area contributed by atoms with Crippen molar-refractivity contribution in [1.82, 2.24) is 10.3 Å². The fourth-order valence-corrected chi connectivity index (χ4v) is 3.70. The maximum absolute atomic E-state index is 12.7. The van der Waals surface area contributed by atoms with E-state index in [0.29, 0.717) is 5.69 Å². The number of nitrogens with zero attached hydrogens (tertiary/aromatic N) is 3. The summed E-state index contributed by atoms with van der Waals surface area (Å²) in [5.74, 6) is -0.721. The first-order chi connectivity index (χ1) is 13.5. The van der Waals surface area contributed by atoms with Crippen LogP contribution in [0.3, 0.4) is 0 Å². The molecule has 0 aliphatic carbocycles. The number of amides is 2. The minimum atomic E-state index is -0.383. The summed E-state index contributed by atoms with van der Waals surface area (Å²) in [5, 5.41) is 1.29.